The molecular formula is C56H68F2N9O12PS. The van der Waals surface area contributed by atoms with Gasteiger partial charge in [-0.15, -0.1) is 11.3 Å². The highest BCUT2D eigenvalue weighted by Gasteiger charge is 2.51. The van der Waals surface area contributed by atoms with Gasteiger partial charge in [0.2, 0.25) is 41.4 Å². The van der Waals surface area contributed by atoms with Crippen LogP contribution in [0.2, 0.25) is 0 Å². The van der Waals surface area contributed by atoms with Crippen LogP contribution in [0.3, 0.4) is 0 Å². The zero-order valence-electron chi connectivity index (χ0n) is 45.0. The number of nitrogens with zero attached hydrogens (tertiary/aromatic N) is 4. The fourth-order valence-electron chi connectivity index (χ4n) is 12.3. The van der Waals surface area contributed by atoms with E-state index in [1.165, 1.54) is 21.9 Å². The van der Waals surface area contributed by atoms with Gasteiger partial charge in [0.05, 0.1) is 4.88 Å². The molecule has 4 saturated heterocycles. The summed E-state index contributed by atoms with van der Waals surface area (Å²) >= 11 is 0.931. The number of piperidine rings is 2. The van der Waals surface area contributed by atoms with E-state index in [2.05, 4.69) is 33.1 Å². The molecule has 8 N–H and O–H groups in total. The smallest absolute Gasteiger partial charge is 0.370 e. The lowest BCUT2D eigenvalue weighted by Crippen LogP contribution is -2.62. The van der Waals surface area contributed by atoms with Crippen molar-refractivity contribution in [1.82, 2.24) is 40.9 Å². The first-order valence-corrected chi connectivity index (χ1v) is 30.2. The van der Waals surface area contributed by atoms with Crippen molar-refractivity contribution >= 4 is 82.2 Å². The van der Waals surface area contributed by atoms with Gasteiger partial charge in [-0.3, -0.25) is 53.0 Å². The molecule has 2 aromatic carbocycles. The number of thiophene rings is 1. The maximum Gasteiger partial charge on any atom is 0.399 e. The van der Waals surface area contributed by atoms with Crippen LogP contribution in [0.1, 0.15) is 139 Å². The summed E-state index contributed by atoms with van der Waals surface area (Å²) in [5.41, 5.74) is 2.13. The summed E-state index contributed by atoms with van der Waals surface area (Å²) in [6.07, 6.45) is 8.05. The number of carbonyl (C=O) groups excluding carboxylic acids is 9. The summed E-state index contributed by atoms with van der Waals surface area (Å²) in [6, 6.07) is 4.04. The zero-order chi connectivity index (χ0) is 57.9. The minimum Gasteiger partial charge on any atom is -0.370 e. The number of primary amides is 1. The highest BCUT2D eigenvalue weighted by molar-refractivity contribution is 7.52. The molecule has 6 heterocycles. The van der Waals surface area contributed by atoms with Crippen molar-refractivity contribution < 1.29 is 66.3 Å². The van der Waals surface area contributed by atoms with Crippen molar-refractivity contribution in [1.29, 1.82) is 0 Å². The number of hydrogen-bond donors (Lipinski definition) is 7. The number of fused-ring (bicyclic) bond motifs is 3. The Bertz CT molecular complexity index is 3110. The molecule has 434 valence electrons. The van der Waals surface area contributed by atoms with Gasteiger partial charge >= 0.3 is 13.3 Å². The summed E-state index contributed by atoms with van der Waals surface area (Å²) in [5, 5.41) is 11.0. The van der Waals surface area contributed by atoms with Gasteiger partial charge in [0.1, 0.15) is 30.2 Å². The van der Waals surface area contributed by atoms with E-state index < -0.39 is 90.5 Å². The second kappa shape index (κ2) is 24.8. The summed E-state index contributed by atoms with van der Waals surface area (Å²) in [5.74, 6) is 1.97. The first kappa shape index (κ1) is 59.0. The number of hydrogen-bond acceptors (Lipinski definition) is 12. The van der Waals surface area contributed by atoms with Gasteiger partial charge in [0, 0.05) is 72.9 Å². The predicted octanol–water partition coefficient (Wildman–Crippen LogP) is 3.57. The SMILES string of the molecule is CN1CC[C@H]2CC[C@@H](C(=O)N[C@@H](CCC(N)=O)C(=O)N[C@H](C(=O)N3CCC(CCC#Cc4cccc5c4CN(C4CCC(=O)NC4=O)C5=O)CC3)C3CCCCC3)N2C(=O)[C@@H](NC(=O)c2cc3cc(C(F)(F)P(=O)(O)O)ccc3s2)C1. The number of likely N-dealkylation sites (N-methyl/N-ethyl adjacent to an activating group) is 1. The number of amides is 9. The van der Waals surface area contributed by atoms with E-state index in [1.807, 2.05) is 11.0 Å². The molecule has 5 fully saturated rings. The number of benzene rings is 2. The van der Waals surface area contributed by atoms with Crippen molar-refractivity contribution in [3.8, 4) is 11.8 Å². The first-order valence-electron chi connectivity index (χ1n) is 27.8. The molecule has 3 aromatic rings. The predicted molar refractivity (Wildman–Crippen MR) is 292 cm³/mol. The Morgan fingerprint density at radius 3 is 2.40 bits per heavy atom. The molecule has 0 spiro atoms. The second-order valence-electron chi connectivity index (χ2n) is 22.3. The van der Waals surface area contributed by atoms with Crippen LogP contribution in [-0.4, -0.2) is 152 Å². The number of imide groups is 1. The van der Waals surface area contributed by atoms with Crippen LogP contribution >= 0.6 is 18.9 Å². The van der Waals surface area contributed by atoms with Gasteiger partial charge < -0.3 is 51.1 Å². The van der Waals surface area contributed by atoms with Crippen LogP contribution in [0, 0.1) is 23.7 Å². The monoisotopic (exact) mass is 1160 g/mol. The summed E-state index contributed by atoms with van der Waals surface area (Å²) < 4.78 is 41.1. The fourth-order valence-corrected chi connectivity index (χ4v) is 13.8. The molecule has 1 aliphatic carbocycles. The van der Waals surface area contributed by atoms with Crippen molar-refractivity contribution in [2.75, 3.05) is 33.2 Å². The molecule has 6 atom stereocenters. The van der Waals surface area contributed by atoms with Crippen LogP contribution in [-0.2, 0) is 50.3 Å². The third-order valence-electron chi connectivity index (χ3n) is 16.9. The van der Waals surface area contributed by atoms with Crippen molar-refractivity contribution in [2.45, 2.75) is 151 Å². The summed E-state index contributed by atoms with van der Waals surface area (Å²) in [4.78, 5) is 147. The van der Waals surface area contributed by atoms with Gasteiger partial charge in [-0.25, -0.2) is 0 Å². The van der Waals surface area contributed by atoms with Crippen LogP contribution in [0.5, 0.6) is 0 Å². The molecule has 9 rings (SSSR count). The van der Waals surface area contributed by atoms with Crippen molar-refractivity contribution in [3.63, 3.8) is 0 Å². The van der Waals surface area contributed by atoms with E-state index in [1.54, 1.807) is 24.1 Å². The minimum atomic E-state index is -5.86. The van der Waals surface area contributed by atoms with E-state index in [0.717, 1.165) is 54.7 Å². The number of nitrogens with one attached hydrogen (secondary N) is 4. The first-order chi connectivity index (χ1) is 38.6. The molecule has 81 heavy (non-hydrogen) atoms. The van der Waals surface area contributed by atoms with E-state index in [-0.39, 0.29) is 85.0 Å². The quantitative estimate of drug-likeness (QED) is 0.0614. The number of alkyl halides is 2. The number of nitrogens with two attached hydrogens (primary N) is 1. The number of halogens is 2. The van der Waals surface area contributed by atoms with Crippen molar-refractivity contribution in [2.24, 2.45) is 17.6 Å². The van der Waals surface area contributed by atoms with E-state index in [4.69, 9.17) is 5.73 Å². The molecule has 21 nitrogen and oxygen atoms in total. The lowest BCUT2D eigenvalue weighted by atomic mass is 9.82. The maximum atomic E-state index is 14.6. The molecule has 9 amide bonds. The standard InChI is InChI=1S/C56H68F2N9O12PS/c1-64-25-24-37-15-17-43(67(37)54(75)41(31-64)61-52(73)45-29-35-28-36(14-19-44(35)81-45)56(57,58)80(77,78)79)51(72)60-40(16-20-46(59)68)49(70)63-48(34-10-3-2-4-11-34)55(76)65-26-22-32(23-27-65)8-5-6-9-33-12-7-13-38-39(33)30-66(53(38)74)42-18-21-47(69)62-50(42)71/h7,12-14,19,28-29,32,34,37,40-43,48H,2-5,8,10-11,15-18,20-27,30-31H2,1H3,(H2,59,68)(H,60,72)(H,61,73)(H,63,70)(H,62,69,71)(H2,77,78,79)/t37-,40+,41+,42?,43+,48+/m1/s1. The van der Waals surface area contributed by atoms with Gasteiger partial charge in [0.25, 0.3) is 11.8 Å². The highest BCUT2D eigenvalue weighted by Crippen LogP contribution is 2.59. The number of rotatable bonds is 16. The Morgan fingerprint density at radius 2 is 1.68 bits per heavy atom. The molecule has 6 aliphatic rings. The molecule has 0 radical (unpaired) electrons. The largest absolute Gasteiger partial charge is 0.399 e. The maximum absolute atomic E-state index is 14.6. The van der Waals surface area contributed by atoms with Gasteiger partial charge in [-0.1, -0.05) is 43.2 Å². The average Bonchev–Trinajstić information content (AvgIpc) is 4.26. The molecule has 1 unspecified atom stereocenters. The Balaban J connectivity index is 0.825. The zero-order valence-corrected chi connectivity index (χ0v) is 46.7. The molecule has 0 bridgehead atoms. The van der Waals surface area contributed by atoms with E-state index in [0.29, 0.717) is 80.4 Å². The van der Waals surface area contributed by atoms with Gasteiger partial charge in [0.15, 0.2) is 0 Å². The Kier molecular flexibility index (Phi) is 18.1. The molecule has 25 heteroatoms. The third-order valence-corrected chi connectivity index (χ3v) is 19.0. The molecular weight excluding hydrogens is 1090 g/mol. The van der Waals surface area contributed by atoms with Crippen LogP contribution in [0.4, 0.5) is 8.78 Å². The summed E-state index contributed by atoms with van der Waals surface area (Å²) in [7, 11) is -4.08. The normalized spacial score (nSPS) is 23.1. The molecule has 1 aromatic heterocycles. The lowest BCUT2D eigenvalue weighted by molar-refractivity contribution is -0.144. The topological polar surface area (TPSA) is 298 Å². The lowest BCUT2D eigenvalue weighted by Gasteiger charge is -2.38. The Hall–Kier alpha value is -6.64. The van der Waals surface area contributed by atoms with Gasteiger partial charge in [-0.05, 0) is 131 Å². The highest BCUT2D eigenvalue weighted by atomic mass is 32.1. The van der Waals surface area contributed by atoms with E-state index in [9.17, 15) is 66.3 Å². The fraction of sp³-hybridized carbons (Fsp3) is 0.554. The third kappa shape index (κ3) is 13.2. The van der Waals surface area contributed by atoms with E-state index >= 15 is 0 Å². The van der Waals surface area contributed by atoms with Gasteiger partial charge in [-0.2, -0.15) is 8.78 Å². The number of likely N-dealkylation sites (tertiary alicyclic amines) is 1. The minimum absolute atomic E-state index is 0.0415. The van der Waals surface area contributed by atoms with Crippen LogP contribution < -0.4 is 27.0 Å². The Morgan fingerprint density at radius 1 is 0.926 bits per heavy atom. The average molecular weight is 1160 g/mol. The second-order valence-corrected chi connectivity index (χ2v) is 25.0. The van der Waals surface area contributed by atoms with Crippen LogP contribution in [0.15, 0.2) is 42.5 Å². The van der Waals surface area contributed by atoms with Crippen LogP contribution in [0.25, 0.3) is 10.1 Å². The number of carbonyl (C=O) groups is 9. The van der Waals surface area contributed by atoms with Crippen molar-refractivity contribution in [3.05, 3.63) is 69.6 Å². The Labute approximate surface area is 471 Å². The summed E-state index contributed by atoms with van der Waals surface area (Å²) in [6.45, 7) is 1.69. The molecule has 5 aliphatic heterocycles. The molecule has 1 saturated carbocycles.